The molecule has 6 nitrogen and oxygen atoms in total. The van der Waals surface area contributed by atoms with E-state index in [0.29, 0.717) is 5.95 Å². The molecular formula is C22H16N4O2. The van der Waals surface area contributed by atoms with E-state index in [2.05, 4.69) is 9.97 Å². The average Bonchev–Trinajstić information content (AvgIpc) is 3.16. The summed E-state index contributed by atoms with van der Waals surface area (Å²) in [6.07, 6.45) is 11.5. The van der Waals surface area contributed by atoms with Crippen LogP contribution in [0.5, 0.6) is 0 Å². The molecule has 0 saturated heterocycles. The van der Waals surface area contributed by atoms with Gasteiger partial charge in [-0.3, -0.25) is 14.7 Å². The molecular weight excluding hydrogens is 352 g/mol. The van der Waals surface area contributed by atoms with E-state index >= 15 is 0 Å². The van der Waals surface area contributed by atoms with Gasteiger partial charge in [-0.2, -0.15) is 0 Å². The van der Waals surface area contributed by atoms with Crippen LogP contribution in [0.15, 0.2) is 85.2 Å². The van der Waals surface area contributed by atoms with Crippen molar-refractivity contribution in [2.45, 2.75) is 0 Å². The van der Waals surface area contributed by atoms with Crippen molar-refractivity contribution in [3.63, 3.8) is 0 Å². The van der Waals surface area contributed by atoms with E-state index in [0.717, 1.165) is 22.2 Å². The van der Waals surface area contributed by atoms with Crippen molar-refractivity contribution in [3.05, 3.63) is 106 Å². The van der Waals surface area contributed by atoms with Gasteiger partial charge in [0.15, 0.2) is 0 Å². The molecule has 0 saturated carbocycles. The van der Waals surface area contributed by atoms with Crippen molar-refractivity contribution in [1.29, 1.82) is 0 Å². The third kappa shape index (κ3) is 3.86. The molecule has 0 N–H and O–H groups in total. The van der Waals surface area contributed by atoms with Crippen LogP contribution in [-0.2, 0) is 0 Å². The van der Waals surface area contributed by atoms with Crippen LogP contribution in [0.3, 0.4) is 0 Å². The summed E-state index contributed by atoms with van der Waals surface area (Å²) in [5.41, 5.74) is 3.80. The third-order valence-corrected chi connectivity index (χ3v) is 4.20. The molecule has 0 aliphatic heterocycles. The van der Waals surface area contributed by atoms with Gasteiger partial charge in [0.05, 0.1) is 16.0 Å². The number of imidazole rings is 1. The second kappa shape index (κ2) is 7.67. The van der Waals surface area contributed by atoms with E-state index in [1.807, 2.05) is 77.7 Å². The molecule has 6 heteroatoms. The van der Waals surface area contributed by atoms with E-state index in [1.54, 1.807) is 12.1 Å². The van der Waals surface area contributed by atoms with Gasteiger partial charge in [0.25, 0.3) is 5.69 Å². The maximum Gasteiger partial charge on any atom is 0.269 e. The quantitative estimate of drug-likeness (QED) is 0.230. The first-order valence-electron chi connectivity index (χ1n) is 8.69. The number of rotatable bonds is 5. The molecule has 0 aliphatic rings. The van der Waals surface area contributed by atoms with Gasteiger partial charge in [0.2, 0.25) is 5.95 Å². The summed E-state index contributed by atoms with van der Waals surface area (Å²) in [5, 5.41) is 10.7. The number of non-ortho nitro benzene ring substituents is 1. The molecule has 28 heavy (non-hydrogen) atoms. The zero-order valence-electron chi connectivity index (χ0n) is 14.8. The fraction of sp³-hybridized carbons (Fsp3) is 0. The average molecular weight is 368 g/mol. The maximum atomic E-state index is 10.7. The zero-order chi connectivity index (χ0) is 19.3. The molecule has 2 aromatic heterocycles. The molecule has 0 spiro atoms. The lowest BCUT2D eigenvalue weighted by Crippen LogP contribution is -2.31. The molecule has 0 amide bonds. The minimum absolute atomic E-state index is 0.0898. The fourth-order valence-corrected chi connectivity index (χ4v) is 2.73. The number of benzene rings is 2. The number of aromatic nitrogens is 3. The first-order valence-corrected chi connectivity index (χ1v) is 8.69. The van der Waals surface area contributed by atoms with E-state index in [9.17, 15) is 10.1 Å². The Balaban J connectivity index is 1.43. The Hall–Kier alpha value is -4.06. The van der Waals surface area contributed by atoms with Crippen molar-refractivity contribution in [2.75, 3.05) is 0 Å². The van der Waals surface area contributed by atoms with Gasteiger partial charge in [-0.15, -0.1) is 0 Å². The lowest BCUT2D eigenvalue weighted by molar-refractivity contribution is -0.603. The van der Waals surface area contributed by atoms with Gasteiger partial charge in [-0.1, -0.05) is 36.4 Å². The molecule has 136 valence electrons. The maximum absolute atomic E-state index is 10.7. The van der Waals surface area contributed by atoms with Crippen LogP contribution in [-0.4, -0.2) is 9.91 Å². The molecule has 0 radical (unpaired) electrons. The summed E-state index contributed by atoms with van der Waals surface area (Å²) >= 11 is 0. The Kier molecular flexibility index (Phi) is 4.76. The van der Waals surface area contributed by atoms with Crippen LogP contribution < -0.4 is 9.55 Å². The van der Waals surface area contributed by atoms with Gasteiger partial charge < -0.3 is 0 Å². The van der Waals surface area contributed by atoms with Crippen molar-refractivity contribution in [1.82, 2.24) is 9.97 Å². The van der Waals surface area contributed by atoms with E-state index in [1.165, 1.54) is 12.1 Å². The van der Waals surface area contributed by atoms with Gasteiger partial charge in [0, 0.05) is 24.5 Å². The van der Waals surface area contributed by atoms with E-state index in [4.69, 9.17) is 0 Å². The zero-order valence-corrected chi connectivity index (χ0v) is 14.8. The number of pyridine rings is 1. The van der Waals surface area contributed by atoms with Gasteiger partial charge in [-0.05, 0) is 47.5 Å². The van der Waals surface area contributed by atoms with Crippen LogP contribution >= 0.6 is 0 Å². The third-order valence-electron chi connectivity index (χ3n) is 4.20. The van der Waals surface area contributed by atoms with E-state index in [-0.39, 0.29) is 5.69 Å². The number of allylic oxidation sites excluding steroid dienone is 2. The Morgan fingerprint density at radius 3 is 2.18 bits per heavy atom. The molecule has 2 heterocycles. The predicted octanol–water partition coefficient (Wildman–Crippen LogP) is 4.10. The molecule has 4 aromatic rings. The molecule has 0 bridgehead atoms. The molecule has 0 atom stereocenters. The normalized spacial score (nSPS) is 11.6. The van der Waals surface area contributed by atoms with Gasteiger partial charge in [0.1, 0.15) is 0 Å². The predicted molar refractivity (Wildman–Crippen MR) is 108 cm³/mol. The van der Waals surface area contributed by atoms with E-state index < -0.39 is 4.92 Å². The Morgan fingerprint density at radius 1 is 0.893 bits per heavy atom. The minimum atomic E-state index is -0.405. The highest BCUT2D eigenvalue weighted by Crippen LogP contribution is 2.13. The van der Waals surface area contributed by atoms with Crippen molar-refractivity contribution < 1.29 is 9.49 Å². The van der Waals surface area contributed by atoms with Crippen LogP contribution in [0.4, 0.5) is 5.69 Å². The lowest BCUT2D eigenvalue weighted by atomic mass is 10.2. The number of hydrogen-bond acceptors (Lipinski definition) is 3. The van der Waals surface area contributed by atoms with Crippen LogP contribution in [0, 0.1) is 10.1 Å². The largest absolute Gasteiger partial charge is 0.293 e. The van der Waals surface area contributed by atoms with Crippen LogP contribution in [0.2, 0.25) is 0 Å². The van der Waals surface area contributed by atoms with Gasteiger partial charge in [-0.25, -0.2) is 9.97 Å². The van der Waals surface area contributed by atoms with Crippen molar-refractivity contribution in [2.24, 2.45) is 0 Å². The summed E-state index contributed by atoms with van der Waals surface area (Å²) in [7, 11) is 0. The molecule has 0 fully saturated rings. The highest BCUT2D eigenvalue weighted by molar-refractivity contribution is 5.75. The highest BCUT2D eigenvalue weighted by atomic mass is 16.6. The topological polar surface area (TPSA) is 74.0 Å². The fourth-order valence-electron chi connectivity index (χ4n) is 2.73. The number of para-hydroxylation sites is 2. The van der Waals surface area contributed by atoms with Crippen LogP contribution in [0.25, 0.3) is 29.1 Å². The molecule has 2 aromatic carbocycles. The summed E-state index contributed by atoms with van der Waals surface area (Å²) in [6, 6.07) is 18.2. The second-order valence-electron chi connectivity index (χ2n) is 6.12. The summed E-state index contributed by atoms with van der Waals surface area (Å²) in [5.74, 6) is 0.648. The number of nitro benzene ring substituents is 1. The van der Waals surface area contributed by atoms with Gasteiger partial charge >= 0.3 is 0 Å². The number of nitro groups is 1. The number of hydrogen-bond donors (Lipinski definition) is 0. The SMILES string of the molecule is O=[N+]([O-])c1ccc(/C=C/C=C/c2cc[n+](-c3nc4ccccc4[n-]3)cc2)cc1. The first-order chi connectivity index (χ1) is 13.7. The Bertz CT molecular complexity index is 1140. The first kappa shape index (κ1) is 17.4. The number of nitrogens with zero attached hydrogens (tertiary/aromatic N) is 4. The van der Waals surface area contributed by atoms with Crippen molar-refractivity contribution >= 4 is 28.9 Å². The van der Waals surface area contributed by atoms with Crippen LogP contribution in [0.1, 0.15) is 11.1 Å². The summed E-state index contributed by atoms with van der Waals surface area (Å²) in [6.45, 7) is 0. The summed E-state index contributed by atoms with van der Waals surface area (Å²) in [4.78, 5) is 19.3. The van der Waals surface area contributed by atoms with Crippen molar-refractivity contribution in [3.8, 4) is 5.95 Å². The minimum Gasteiger partial charge on any atom is -0.293 e. The smallest absolute Gasteiger partial charge is 0.269 e. The Morgan fingerprint density at radius 2 is 1.54 bits per heavy atom. The lowest BCUT2D eigenvalue weighted by Gasteiger charge is -2.01. The summed E-state index contributed by atoms with van der Waals surface area (Å²) < 4.78 is 1.88. The molecule has 0 unspecified atom stereocenters. The monoisotopic (exact) mass is 368 g/mol. The molecule has 4 rings (SSSR count). The Labute approximate surface area is 161 Å². The molecule has 0 aliphatic carbocycles. The highest BCUT2D eigenvalue weighted by Gasteiger charge is 2.04. The second-order valence-corrected chi connectivity index (χ2v) is 6.12. The standard InChI is InChI=1S/C22H16N4O2/c27-26(28)19-11-9-17(10-12-19)5-1-2-6-18-13-15-25(16-14-18)22-23-20-7-3-4-8-21(20)24-22/h1-16H/b5-1+,6-2+. The number of fused-ring (bicyclic) bond motifs is 1.